The number of nitrogens with zero attached hydrogens (tertiary/aromatic N) is 1. The zero-order chi connectivity index (χ0) is 13.1. The number of nitrogens with one attached hydrogen (secondary N) is 1. The fraction of sp³-hybridized carbons (Fsp3) is 0.917. The second kappa shape index (κ2) is 9.68. The molecule has 1 aliphatic rings. The van der Waals surface area contributed by atoms with E-state index in [1.807, 2.05) is 20.8 Å². The quantitative estimate of drug-likeness (QED) is 0.617. The Morgan fingerprint density at radius 3 is 2.29 bits per heavy atom. The lowest BCUT2D eigenvalue weighted by Crippen LogP contribution is -2.43. The van der Waals surface area contributed by atoms with Crippen molar-refractivity contribution in [2.75, 3.05) is 38.6 Å². The molecule has 0 spiro atoms. The van der Waals surface area contributed by atoms with Gasteiger partial charge in [-0.3, -0.25) is 4.79 Å². The molecule has 0 amide bonds. The Morgan fingerprint density at radius 2 is 1.94 bits per heavy atom. The summed E-state index contributed by atoms with van der Waals surface area (Å²) in [5.41, 5.74) is -0.318. The Kier molecular flexibility index (Phi) is 9.50. The zero-order valence-corrected chi connectivity index (χ0v) is 11.9. The van der Waals surface area contributed by atoms with E-state index in [4.69, 9.17) is 11.6 Å². The summed E-state index contributed by atoms with van der Waals surface area (Å²) in [6.07, 6.45) is 1.13. The van der Waals surface area contributed by atoms with Crippen LogP contribution in [0.1, 0.15) is 27.2 Å². The Morgan fingerprint density at radius 1 is 1.35 bits per heavy atom. The number of rotatable bonds is 4. The van der Waals surface area contributed by atoms with Gasteiger partial charge in [-0.15, -0.1) is 11.6 Å². The van der Waals surface area contributed by atoms with E-state index in [1.54, 1.807) is 0 Å². The molecule has 1 saturated heterocycles. The van der Waals surface area contributed by atoms with Crippen LogP contribution in [0.3, 0.4) is 0 Å². The molecule has 4 nitrogen and oxygen atoms in total. The van der Waals surface area contributed by atoms with E-state index in [9.17, 15) is 4.79 Å². The highest BCUT2D eigenvalue weighted by atomic mass is 35.5. The fourth-order valence-corrected chi connectivity index (χ4v) is 1.48. The molecule has 102 valence electrons. The van der Waals surface area contributed by atoms with Crippen LogP contribution in [-0.2, 0) is 9.53 Å². The van der Waals surface area contributed by atoms with E-state index < -0.39 is 0 Å². The van der Waals surface area contributed by atoms with Gasteiger partial charge in [0.2, 0.25) is 0 Å². The van der Waals surface area contributed by atoms with Gasteiger partial charge < -0.3 is 15.0 Å². The molecule has 0 aliphatic carbocycles. The number of alkyl halides is 1. The molecule has 1 rings (SSSR count). The summed E-state index contributed by atoms with van der Waals surface area (Å²) >= 11 is 5.58. The highest BCUT2D eigenvalue weighted by Crippen LogP contribution is 2.02. The molecule has 1 aliphatic heterocycles. The molecular weight excluding hydrogens is 240 g/mol. The van der Waals surface area contributed by atoms with Gasteiger partial charge in [-0.25, -0.2) is 0 Å². The molecule has 0 unspecified atom stereocenters. The van der Waals surface area contributed by atoms with Crippen molar-refractivity contribution in [2.24, 2.45) is 0 Å². The van der Waals surface area contributed by atoms with Crippen LogP contribution in [0.4, 0.5) is 0 Å². The number of ether oxygens (including phenoxy) is 1. The second-order valence-corrected chi connectivity index (χ2v) is 5.34. The molecule has 0 aromatic rings. The SMILES string of the molecule is CC(C)(C)OC=O.ClCCCN1CCNCC1. The molecule has 0 radical (unpaired) electrons. The Balaban J connectivity index is 0.000000325. The topological polar surface area (TPSA) is 41.6 Å². The van der Waals surface area contributed by atoms with Crippen molar-refractivity contribution in [3.63, 3.8) is 0 Å². The molecule has 17 heavy (non-hydrogen) atoms. The van der Waals surface area contributed by atoms with E-state index in [2.05, 4.69) is 15.0 Å². The first-order valence-corrected chi connectivity index (χ1v) is 6.63. The summed E-state index contributed by atoms with van der Waals surface area (Å²) in [5.74, 6) is 0.796. The predicted molar refractivity (Wildman–Crippen MR) is 71.5 cm³/mol. The van der Waals surface area contributed by atoms with Crippen molar-refractivity contribution in [1.82, 2.24) is 10.2 Å². The van der Waals surface area contributed by atoms with E-state index in [0.29, 0.717) is 6.47 Å². The van der Waals surface area contributed by atoms with Crippen molar-refractivity contribution < 1.29 is 9.53 Å². The van der Waals surface area contributed by atoms with Gasteiger partial charge in [0.1, 0.15) is 5.60 Å². The number of halogens is 1. The van der Waals surface area contributed by atoms with Gasteiger partial charge in [0.25, 0.3) is 6.47 Å². The number of piperazine rings is 1. The van der Waals surface area contributed by atoms with Crippen LogP contribution >= 0.6 is 11.6 Å². The molecular formula is C12H25ClN2O2. The van der Waals surface area contributed by atoms with Gasteiger partial charge >= 0.3 is 0 Å². The third kappa shape index (κ3) is 11.9. The minimum Gasteiger partial charge on any atom is -0.462 e. The largest absolute Gasteiger partial charge is 0.462 e. The van der Waals surface area contributed by atoms with Gasteiger partial charge in [-0.05, 0) is 33.7 Å². The van der Waals surface area contributed by atoms with Gasteiger partial charge in [0.05, 0.1) is 0 Å². The minimum absolute atomic E-state index is 0.318. The maximum absolute atomic E-state index is 9.60. The third-order valence-electron chi connectivity index (χ3n) is 2.22. The van der Waals surface area contributed by atoms with Crippen molar-refractivity contribution in [1.29, 1.82) is 0 Å². The number of carbonyl (C=O) groups excluding carboxylic acids is 1. The summed E-state index contributed by atoms with van der Waals surface area (Å²) in [7, 11) is 0. The highest BCUT2D eigenvalue weighted by molar-refractivity contribution is 6.17. The van der Waals surface area contributed by atoms with Gasteiger partial charge in [-0.1, -0.05) is 0 Å². The van der Waals surface area contributed by atoms with E-state index >= 15 is 0 Å². The van der Waals surface area contributed by atoms with Crippen molar-refractivity contribution in [3.05, 3.63) is 0 Å². The molecule has 0 aromatic heterocycles. The summed E-state index contributed by atoms with van der Waals surface area (Å²) in [4.78, 5) is 12.1. The predicted octanol–water partition coefficient (Wildman–Crippen LogP) is 1.48. The van der Waals surface area contributed by atoms with Crippen molar-refractivity contribution in [2.45, 2.75) is 32.8 Å². The smallest absolute Gasteiger partial charge is 0.293 e. The number of carbonyl (C=O) groups is 1. The standard InChI is InChI=1S/C7H15ClN2.C5H10O2/c8-2-1-5-10-6-3-9-4-7-10;1-5(2,3)7-4-6/h9H,1-7H2;4H,1-3H3. The zero-order valence-electron chi connectivity index (χ0n) is 11.2. The molecule has 1 N–H and O–H groups in total. The molecule has 1 fully saturated rings. The third-order valence-corrected chi connectivity index (χ3v) is 2.49. The molecule has 0 saturated carbocycles. The van der Waals surface area contributed by atoms with Gasteiger partial charge in [0.15, 0.2) is 0 Å². The molecule has 0 aromatic carbocycles. The van der Waals surface area contributed by atoms with E-state index in [-0.39, 0.29) is 5.60 Å². The van der Waals surface area contributed by atoms with Crippen molar-refractivity contribution in [3.8, 4) is 0 Å². The van der Waals surface area contributed by atoms with E-state index in [1.165, 1.54) is 19.6 Å². The van der Waals surface area contributed by atoms with Crippen LogP contribution in [0.15, 0.2) is 0 Å². The summed E-state index contributed by atoms with van der Waals surface area (Å²) in [5, 5.41) is 3.32. The lowest BCUT2D eigenvalue weighted by atomic mass is 10.2. The van der Waals surface area contributed by atoms with Gasteiger partial charge in [0, 0.05) is 32.1 Å². The molecule has 0 bridgehead atoms. The van der Waals surface area contributed by atoms with Crippen LogP contribution in [0.2, 0.25) is 0 Å². The molecule has 0 atom stereocenters. The average Bonchev–Trinajstić information content (AvgIpc) is 2.27. The van der Waals surface area contributed by atoms with Crippen LogP contribution in [-0.4, -0.2) is 55.6 Å². The normalized spacial score (nSPS) is 16.9. The van der Waals surface area contributed by atoms with Gasteiger partial charge in [-0.2, -0.15) is 0 Å². The number of hydrogen-bond donors (Lipinski definition) is 1. The summed E-state index contributed by atoms with van der Waals surface area (Å²) in [6, 6.07) is 0. The Hall–Kier alpha value is -0.320. The van der Waals surface area contributed by atoms with Crippen LogP contribution < -0.4 is 5.32 Å². The first-order chi connectivity index (χ1) is 7.99. The first kappa shape index (κ1) is 16.7. The van der Waals surface area contributed by atoms with Crippen LogP contribution in [0, 0.1) is 0 Å². The van der Waals surface area contributed by atoms with Crippen LogP contribution in [0.25, 0.3) is 0 Å². The maximum Gasteiger partial charge on any atom is 0.293 e. The maximum atomic E-state index is 9.60. The lowest BCUT2D eigenvalue weighted by Gasteiger charge is -2.26. The second-order valence-electron chi connectivity index (χ2n) is 4.96. The number of hydrogen-bond acceptors (Lipinski definition) is 4. The summed E-state index contributed by atoms with van der Waals surface area (Å²) < 4.78 is 4.55. The Bertz CT molecular complexity index is 189. The lowest BCUT2D eigenvalue weighted by molar-refractivity contribution is -0.138. The highest BCUT2D eigenvalue weighted by Gasteiger charge is 2.08. The van der Waals surface area contributed by atoms with E-state index in [0.717, 1.165) is 25.4 Å². The average molecular weight is 265 g/mol. The first-order valence-electron chi connectivity index (χ1n) is 6.10. The fourth-order valence-electron chi connectivity index (χ4n) is 1.36. The summed E-state index contributed by atoms with van der Waals surface area (Å²) in [6.45, 7) is 11.8. The minimum atomic E-state index is -0.318. The molecule has 5 heteroatoms. The Labute approximate surface area is 110 Å². The molecule has 1 heterocycles. The van der Waals surface area contributed by atoms with Crippen LogP contribution in [0.5, 0.6) is 0 Å². The van der Waals surface area contributed by atoms with Crippen molar-refractivity contribution >= 4 is 18.1 Å². The monoisotopic (exact) mass is 264 g/mol.